The highest BCUT2D eigenvalue weighted by molar-refractivity contribution is 5.98. The van der Waals surface area contributed by atoms with Crippen molar-refractivity contribution in [3.8, 4) is 11.5 Å². The Hall–Kier alpha value is -3.85. The summed E-state index contributed by atoms with van der Waals surface area (Å²) in [6.07, 6.45) is 1.18. The number of rotatable bonds is 6. The number of amides is 1. The molecule has 0 atom stereocenters. The van der Waals surface area contributed by atoms with Gasteiger partial charge in [-0.1, -0.05) is 6.07 Å². The SMILES string of the molecule is O=C(Nc1cccc(C(F)(F)F)c1)n1ccc2cc(Oc3ccnc(CNC4CC4)c3)ccc21. The largest absolute Gasteiger partial charge is 0.457 e. The standard InChI is InChI=1S/C25H21F3N4O2/c26-25(27,28)17-2-1-3-19(13-17)31-24(33)32-11-9-16-12-21(6-7-23(16)32)34-22-8-10-29-20(14-22)15-30-18-4-5-18/h1-3,6-14,18,30H,4-5,15H2,(H,31,33). The van der Waals surface area contributed by atoms with Gasteiger partial charge in [-0.25, -0.2) is 4.79 Å². The third kappa shape index (κ3) is 5.04. The van der Waals surface area contributed by atoms with E-state index in [-0.39, 0.29) is 5.69 Å². The van der Waals surface area contributed by atoms with Crippen molar-refractivity contribution < 1.29 is 22.7 Å². The molecule has 174 valence electrons. The molecule has 2 heterocycles. The van der Waals surface area contributed by atoms with E-state index in [2.05, 4.69) is 15.6 Å². The topological polar surface area (TPSA) is 68.2 Å². The Balaban J connectivity index is 1.30. The molecule has 0 spiro atoms. The third-order valence-electron chi connectivity index (χ3n) is 5.49. The summed E-state index contributed by atoms with van der Waals surface area (Å²) in [5.41, 5.74) is 0.724. The van der Waals surface area contributed by atoms with Crippen LogP contribution in [0.25, 0.3) is 10.9 Å². The van der Waals surface area contributed by atoms with Gasteiger partial charge in [-0.3, -0.25) is 9.55 Å². The van der Waals surface area contributed by atoms with E-state index in [4.69, 9.17) is 4.74 Å². The number of carbonyl (C=O) groups excluding carboxylic acids is 1. The summed E-state index contributed by atoms with van der Waals surface area (Å²) in [6.45, 7) is 0.685. The van der Waals surface area contributed by atoms with Crippen molar-refractivity contribution in [1.82, 2.24) is 14.9 Å². The summed E-state index contributed by atoms with van der Waals surface area (Å²) in [5.74, 6) is 1.25. The first-order chi connectivity index (χ1) is 16.3. The molecule has 2 aromatic heterocycles. The average Bonchev–Trinajstić information content (AvgIpc) is 3.55. The van der Waals surface area contributed by atoms with E-state index < -0.39 is 17.8 Å². The number of nitrogens with zero attached hydrogens (tertiary/aromatic N) is 2. The van der Waals surface area contributed by atoms with E-state index in [9.17, 15) is 18.0 Å². The van der Waals surface area contributed by atoms with Gasteiger partial charge in [0, 0.05) is 42.1 Å². The fourth-order valence-corrected chi connectivity index (χ4v) is 3.61. The lowest BCUT2D eigenvalue weighted by Gasteiger charge is -2.11. The summed E-state index contributed by atoms with van der Waals surface area (Å²) in [4.78, 5) is 17.1. The van der Waals surface area contributed by atoms with Gasteiger partial charge in [-0.15, -0.1) is 0 Å². The van der Waals surface area contributed by atoms with Gasteiger partial charge in [-0.2, -0.15) is 13.2 Å². The first-order valence-corrected chi connectivity index (χ1v) is 10.8. The molecule has 2 N–H and O–H groups in total. The molecule has 2 aromatic carbocycles. The maximum atomic E-state index is 12.9. The molecule has 4 aromatic rings. The quantitative estimate of drug-likeness (QED) is 0.356. The minimum Gasteiger partial charge on any atom is -0.457 e. The highest BCUT2D eigenvalue weighted by Crippen LogP contribution is 2.31. The van der Waals surface area contributed by atoms with E-state index >= 15 is 0 Å². The van der Waals surface area contributed by atoms with Gasteiger partial charge in [0.2, 0.25) is 0 Å². The molecule has 1 amide bonds. The number of halogens is 3. The van der Waals surface area contributed by atoms with Crippen LogP contribution in [0.5, 0.6) is 11.5 Å². The molecular weight excluding hydrogens is 445 g/mol. The van der Waals surface area contributed by atoms with Gasteiger partial charge in [0.1, 0.15) is 11.5 Å². The lowest BCUT2D eigenvalue weighted by atomic mass is 10.2. The van der Waals surface area contributed by atoms with Gasteiger partial charge in [0.05, 0.1) is 16.8 Å². The zero-order valence-electron chi connectivity index (χ0n) is 18.0. The zero-order chi connectivity index (χ0) is 23.7. The molecule has 1 aliphatic carbocycles. The van der Waals surface area contributed by atoms with Crippen LogP contribution in [0.1, 0.15) is 24.1 Å². The van der Waals surface area contributed by atoms with E-state index in [1.165, 1.54) is 29.5 Å². The Morgan fingerprint density at radius 1 is 1.06 bits per heavy atom. The molecule has 0 radical (unpaired) electrons. The number of hydrogen-bond acceptors (Lipinski definition) is 4. The number of pyridine rings is 1. The fraction of sp³-hybridized carbons (Fsp3) is 0.200. The second-order valence-electron chi connectivity index (χ2n) is 8.16. The molecule has 0 bridgehead atoms. The molecule has 0 unspecified atom stereocenters. The fourth-order valence-electron chi connectivity index (χ4n) is 3.61. The molecular formula is C25H21F3N4O2. The van der Waals surface area contributed by atoms with Crippen LogP contribution in [0.2, 0.25) is 0 Å². The van der Waals surface area contributed by atoms with Crippen LogP contribution < -0.4 is 15.4 Å². The minimum absolute atomic E-state index is 0.0614. The normalized spacial score (nSPS) is 13.7. The lowest BCUT2D eigenvalue weighted by Crippen LogP contribution is -2.18. The number of alkyl halides is 3. The molecule has 0 aliphatic heterocycles. The summed E-state index contributed by atoms with van der Waals surface area (Å²) in [5, 5.41) is 6.68. The van der Waals surface area contributed by atoms with Crippen LogP contribution in [-0.4, -0.2) is 21.6 Å². The molecule has 1 saturated carbocycles. The zero-order valence-corrected chi connectivity index (χ0v) is 18.0. The van der Waals surface area contributed by atoms with Crippen LogP contribution in [-0.2, 0) is 12.7 Å². The second kappa shape index (κ2) is 8.83. The number of benzene rings is 2. The van der Waals surface area contributed by atoms with Crippen molar-refractivity contribution in [2.24, 2.45) is 0 Å². The van der Waals surface area contributed by atoms with Crippen molar-refractivity contribution in [3.63, 3.8) is 0 Å². The Morgan fingerprint density at radius 2 is 1.88 bits per heavy atom. The molecule has 9 heteroatoms. The Kier molecular flexibility index (Phi) is 5.70. The van der Waals surface area contributed by atoms with Gasteiger partial charge in [0.15, 0.2) is 0 Å². The molecule has 1 fully saturated rings. The van der Waals surface area contributed by atoms with Crippen molar-refractivity contribution >= 4 is 22.6 Å². The summed E-state index contributed by atoms with van der Waals surface area (Å²) in [7, 11) is 0. The minimum atomic E-state index is -4.49. The predicted octanol–water partition coefficient (Wildman–Crippen LogP) is 6.18. The molecule has 6 nitrogen and oxygen atoms in total. The van der Waals surface area contributed by atoms with Crippen LogP contribution in [0.4, 0.5) is 23.7 Å². The average molecular weight is 466 g/mol. The highest BCUT2D eigenvalue weighted by atomic mass is 19.4. The molecule has 1 aliphatic rings. The maximum Gasteiger partial charge on any atom is 0.416 e. The predicted molar refractivity (Wildman–Crippen MR) is 122 cm³/mol. The van der Waals surface area contributed by atoms with Gasteiger partial charge in [-0.05, 0) is 61.4 Å². The number of fused-ring (bicyclic) bond motifs is 1. The van der Waals surface area contributed by atoms with Crippen molar-refractivity contribution in [2.75, 3.05) is 5.32 Å². The smallest absolute Gasteiger partial charge is 0.416 e. The van der Waals surface area contributed by atoms with Crippen LogP contribution in [0.3, 0.4) is 0 Å². The lowest BCUT2D eigenvalue weighted by molar-refractivity contribution is -0.137. The Morgan fingerprint density at radius 3 is 2.68 bits per heavy atom. The van der Waals surface area contributed by atoms with E-state index in [0.717, 1.165) is 23.2 Å². The number of anilines is 1. The van der Waals surface area contributed by atoms with Gasteiger partial charge < -0.3 is 15.4 Å². The van der Waals surface area contributed by atoms with E-state index in [1.807, 2.05) is 6.07 Å². The van der Waals surface area contributed by atoms with E-state index in [0.29, 0.717) is 29.6 Å². The molecule has 34 heavy (non-hydrogen) atoms. The van der Waals surface area contributed by atoms with Crippen molar-refractivity contribution in [2.45, 2.75) is 31.6 Å². The molecule has 5 rings (SSSR count). The number of ether oxygens (including phenoxy) is 1. The summed E-state index contributed by atoms with van der Waals surface area (Å²) >= 11 is 0. The van der Waals surface area contributed by atoms with Crippen molar-refractivity contribution in [1.29, 1.82) is 0 Å². The summed E-state index contributed by atoms with van der Waals surface area (Å²) in [6, 6.07) is 15.2. The first-order valence-electron chi connectivity index (χ1n) is 10.8. The number of aromatic nitrogens is 2. The Labute approximate surface area is 193 Å². The maximum absolute atomic E-state index is 12.9. The van der Waals surface area contributed by atoms with Crippen LogP contribution in [0.15, 0.2) is 73.1 Å². The van der Waals surface area contributed by atoms with Crippen molar-refractivity contribution in [3.05, 3.63) is 84.3 Å². The van der Waals surface area contributed by atoms with Gasteiger partial charge >= 0.3 is 12.2 Å². The van der Waals surface area contributed by atoms with E-state index in [1.54, 1.807) is 42.7 Å². The van der Waals surface area contributed by atoms with Gasteiger partial charge in [0.25, 0.3) is 0 Å². The van der Waals surface area contributed by atoms with Crippen LogP contribution >= 0.6 is 0 Å². The number of carbonyl (C=O) groups is 1. The number of hydrogen-bond donors (Lipinski definition) is 2. The highest BCUT2D eigenvalue weighted by Gasteiger charge is 2.30. The first kappa shape index (κ1) is 22.0. The number of nitrogens with one attached hydrogen (secondary N) is 2. The second-order valence-corrected chi connectivity index (χ2v) is 8.16. The molecule has 0 saturated heterocycles. The monoisotopic (exact) mass is 466 g/mol. The summed E-state index contributed by atoms with van der Waals surface area (Å²) < 4.78 is 46.1. The Bertz CT molecular complexity index is 1350. The van der Waals surface area contributed by atoms with Crippen LogP contribution in [0, 0.1) is 0 Å². The third-order valence-corrected chi connectivity index (χ3v) is 5.49.